The summed E-state index contributed by atoms with van der Waals surface area (Å²) in [6.45, 7) is 5.85. The number of nitrogens with zero attached hydrogens (tertiary/aromatic N) is 1. The summed E-state index contributed by atoms with van der Waals surface area (Å²) in [6.07, 6.45) is 0.256. The molecule has 1 aliphatic rings. The third-order valence-electron chi connectivity index (χ3n) is 2.45. The van der Waals surface area contributed by atoms with Crippen LogP contribution in [0.5, 0.6) is 0 Å². The summed E-state index contributed by atoms with van der Waals surface area (Å²) in [6, 6.07) is 0. The van der Waals surface area contributed by atoms with Gasteiger partial charge in [-0.05, 0) is 33.1 Å². The molecule has 1 saturated carbocycles. The zero-order valence-corrected chi connectivity index (χ0v) is 10.2. The summed E-state index contributed by atoms with van der Waals surface area (Å²) in [5.74, 6) is -0.984. The minimum atomic E-state index is -0.775. The fraction of sp³-hybridized carbons (Fsp3) is 0.818. The average Bonchev–Trinajstić information content (AvgIpc) is 2.80. The Kier molecular flexibility index (Phi) is 3.45. The number of amides is 1. The van der Waals surface area contributed by atoms with E-state index in [9.17, 15) is 9.59 Å². The predicted octanol–water partition coefficient (Wildman–Crippen LogP) is 1.57. The zero-order valence-electron chi connectivity index (χ0n) is 10.2. The molecule has 1 rings (SSSR count). The molecule has 92 valence electrons. The smallest absolute Gasteiger partial charge is 0.410 e. The number of carboxylic acid groups (broad SMARTS) is 1. The number of hydrogen-bond acceptors (Lipinski definition) is 3. The molecule has 0 aromatic rings. The number of carbonyl (C=O) groups excluding carboxylic acids is 1. The van der Waals surface area contributed by atoms with Gasteiger partial charge in [0.15, 0.2) is 0 Å². The lowest BCUT2D eigenvalue weighted by molar-refractivity contribution is -0.138. The SMILES string of the molecule is CN(CC1CC1C(=O)O)C(=O)OC(C)(C)C. The molecule has 0 heterocycles. The first-order valence-corrected chi connectivity index (χ1v) is 5.37. The van der Waals surface area contributed by atoms with Gasteiger partial charge >= 0.3 is 12.1 Å². The molecule has 0 aromatic carbocycles. The molecule has 0 aromatic heterocycles. The molecule has 0 bridgehead atoms. The highest BCUT2D eigenvalue weighted by Gasteiger charge is 2.44. The summed E-state index contributed by atoms with van der Waals surface area (Å²) < 4.78 is 5.16. The Hall–Kier alpha value is -1.26. The van der Waals surface area contributed by atoms with E-state index in [1.807, 2.05) is 0 Å². The lowest BCUT2D eigenvalue weighted by Crippen LogP contribution is -2.35. The van der Waals surface area contributed by atoms with Gasteiger partial charge in [-0.15, -0.1) is 0 Å². The zero-order chi connectivity index (χ0) is 12.5. The van der Waals surface area contributed by atoms with Crippen LogP contribution >= 0.6 is 0 Å². The lowest BCUT2D eigenvalue weighted by atomic mass is 10.2. The van der Waals surface area contributed by atoms with Crippen LogP contribution in [0.25, 0.3) is 0 Å². The Morgan fingerprint density at radius 1 is 1.44 bits per heavy atom. The first-order chi connectivity index (χ1) is 7.20. The summed E-state index contributed by atoms with van der Waals surface area (Å²) in [4.78, 5) is 23.6. The topological polar surface area (TPSA) is 66.8 Å². The minimum Gasteiger partial charge on any atom is -0.481 e. The molecule has 2 atom stereocenters. The van der Waals surface area contributed by atoms with Gasteiger partial charge in [0.1, 0.15) is 5.60 Å². The normalized spacial score (nSPS) is 23.8. The third-order valence-corrected chi connectivity index (χ3v) is 2.45. The molecule has 1 fully saturated rings. The maximum atomic E-state index is 11.6. The summed E-state index contributed by atoms with van der Waals surface area (Å²) in [7, 11) is 1.63. The van der Waals surface area contributed by atoms with E-state index in [0.29, 0.717) is 13.0 Å². The monoisotopic (exact) mass is 229 g/mol. The van der Waals surface area contributed by atoms with Crippen LogP contribution in [0.4, 0.5) is 4.79 Å². The molecule has 5 nitrogen and oxygen atoms in total. The van der Waals surface area contributed by atoms with E-state index < -0.39 is 17.7 Å². The molecule has 0 aliphatic heterocycles. The second-order valence-electron chi connectivity index (χ2n) is 5.30. The molecule has 1 amide bonds. The largest absolute Gasteiger partial charge is 0.481 e. The van der Waals surface area contributed by atoms with Gasteiger partial charge in [-0.1, -0.05) is 0 Å². The van der Waals surface area contributed by atoms with E-state index in [2.05, 4.69) is 0 Å². The predicted molar refractivity (Wildman–Crippen MR) is 58.1 cm³/mol. The highest BCUT2D eigenvalue weighted by atomic mass is 16.6. The summed E-state index contributed by atoms with van der Waals surface area (Å²) >= 11 is 0. The van der Waals surface area contributed by atoms with Crippen LogP contribution < -0.4 is 0 Å². The number of carbonyl (C=O) groups is 2. The Morgan fingerprint density at radius 2 is 2.00 bits per heavy atom. The molecule has 0 radical (unpaired) electrons. The second kappa shape index (κ2) is 4.31. The minimum absolute atomic E-state index is 0.0787. The van der Waals surface area contributed by atoms with Gasteiger partial charge in [0, 0.05) is 13.6 Å². The molecule has 16 heavy (non-hydrogen) atoms. The Balaban J connectivity index is 2.34. The van der Waals surface area contributed by atoms with Crippen LogP contribution in [-0.2, 0) is 9.53 Å². The molecule has 2 unspecified atom stereocenters. The van der Waals surface area contributed by atoms with E-state index in [1.165, 1.54) is 4.90 Å². The van der Waals surface area contributed by atoms with Crippen molar-refractivity contribution in [3.8, 4) is 0 Å². The van der Waals surface area contributed by atoms with Gasteiger partial charge in [-0.2, -0.15) is 0 Å². The third kappa shape index (κ3) is 3.72. The Bertz CT molecular complexity index is 295. The number of ether oxygens (including phenoxy) is 1. The van der Waals surface area contributed by atoms with E-state index in [4.69, 9.17) is 9.84 Å². The van der Waals surface area contributed by atoms with Crippen LogP contribution in [-0.4, -0.2) is 41.3 Å². The quantitative estimate of drug-likeness (QED) is 0.797. The van der Waals surface area contributed by atoms with Gasteiger partial charge in [-0.25, -0.2) is 4.79 Å². The van der Waals surface area contributed by atoms with Crippen LogP contribution in [0.3, 0.4) is 0 Å². The molecule has 5 heteroatoms. The molecule has 0 saturated heterocycles. The van der Waals surface area contributed by atoms with Crippen molar-refractivity contribution < 1.29 is 19.4 Å². The van der Waals surface area contributed by atoms with Crippen LogP contribution in [0.2, 0.25) is 0 Å². The van der Waals surface area contributed by atoms with Crippen molar-refractivity contribution in [1.82, 2.24) is 4.90 Å². The van der Waals surface area contributed by atoms with Crippen molar-refractivity contribution in [3.05, 3.63) is 0 Å². The molecule has 1 aliphatic carbocycles. The fourth-order valence-electron chi connectivity index (χ4n) is 1.52. The van der Waals surface area contributed by atoms with Gasteiger partial charge in [0.2, 0.25) is 0 Å². The first kappa shape index (κ1) is 12.8. The van der Waals surface area contributed by atoms with E-state index in [-0.39, 0.29) is 11.8 Å². The van der Waals surface area contributed by atoms with Gasteiger partial charge in [0.05, 0.1) is 5.92 Å². The van der Waals surface area contributed by atoms with Crippen molar-refractivity contribution in [1.29, 1.82) is 0 Å². The molecular formula is C11H19NO4. The van der Waals surface area contributed by atoms with Crippen molar-refractivity contribution in [3.63, 3.8) is 0 Å². The van der Waals surface area contributed by atoms with Crippen LogP contribution in [0.1, 0.15) is 27.2 Å². The molecular weight excluding hydrogens is 210 g/mol. The maximum Gasteiger partial charge on any atom is 0.410 e. The van der Waals surface area contributed by atoms with Gasteiger partial charge in [0.25, 0.3) is 0 Å². The van der Waals surface area contributed by atoms with Gasteiger partial charge in [-0.3, -0.25) is 4.79 Å². The molecule has 1 N–H and O–H groups in total. The van der Waals surface area contributed by atoms with E-state index in [1.54, 1.807) is 27.8 Å². The van der Waals surface area contributed by atoms with Crippen LogP contribution in [0.15, 0.2) is 0 Å². The summed E-state index contributed by atoms with van der Waals surface area (Å²) in [5, 5.41) is 8.73. The summed E-state index contributed by atoms with van der Waals surface area (Å²) in [5.41, 5.74) is -0.513. The second-order valence-corrected chi connectivity index (χ2v) is 5.30. The first-order valence-electron chi connectivity index (χ1n) is 5.37. The number of rotatable bonds is 3. The van der Waals surface area contributed by atoms with Crippen molar-refractivity contribution >= 4 is 12.1 Å². The van der Waals surface area contributed by atoms with Crippen LogP contribution in [0, 0.1) is 11.8 Å². The highest BCUT2D eigenvalue weighted by Crippen LogP contribution is 2.39. The Morgan fingerprint density at radius 3 is 2.38 bits per heavy atom. The van der Waals surface area contributed by atoms with Crippen molar-refractivity contribution in [2.75, 3.05) is 13.6 Å². The van der Waals surface area contributed by atoms with E-state index >= 15 is 0 Å². The van der Waals surface area contributed by atoms with Crippen molar-refractivity contribution in [2.24, 2.45) is 11.8 Å². The highest BCUT2D eigenvalue weighted by molar-refractivity contribution is 5.74. The standard InChI is InChI=1S/C11H19NO4/c1-11(2,3)16-10(15)12(4)6-7-5-8(7)9(13)14/h7-8H,5-6H2,1-4H3,(H,13,14). The van der Waals surface area contributed by atoms with Gasteiger partial charge < -0.3 is 14.7 Å². The maximum absolute atomic E-state index is 11.6. The Labute approximate surface area is 95.4 Å². The number of hydrogen-bond donors (Lipinski definition) is 1. The molecule has 0 spiro atoms. The average molecular weight is 229 g/mol. The number of aliphatic carboxylic acids is 1. The van der Waals surface area contributed by atoms with Crippen molar-refractivity contribution in [2.45, 2.75) is 32.8 Å². The van der Waals surface area contributed by atoms with E-state index in [0.717, 1.165) is 0 Å². The number of carboxylic acids is 1. The lowest BCUT2D eigenvalue weighted by Gasteiger charge is -2.24. The fourth-order valence-corrected chi connectivity index (χ4v) is 1.52.